The van der Waals surface area contributed by atoms with E-state index < -0.39 is 5.97 Å². The molecule has 7 heteroatoms. The van der Waals surface area contributed by atoms with Gasteiger partial charge in [0.2, 0.25) is 0 Å². The highest BCUT2D eigenvalue weighted by atomic mass is 16.4. The van der Waals surface area contributed by atoms with Gasteiger partial charge in [-0.25, -0.2) is 4.79 Å². The van der Waals surface area contributed by atoms with Crippen molar-refractivity contribution in [1.29, 1.82) is 5.26 Å². The monoisotopic (exact) mass is 378 g/mol. The maximum absolute atomic E-state index is 12.6. The highest BCUT2D eigenvalue weighted by molar-refractivity contribution is 6.05. The molecule has 0 spiro atoms. The number of carbonyl (C=O) groups is 2. The molecule has 0 unspecified atom stereocenters. The summed E-state index contributed by atoms with van der Waals surface area (Å²) in [5, 5.41) is 20.7. The summed E-state index contributed by atoms with van der Waals surface area (Å²) in [6.07, 6.45) is 6.24. The van der Waals surface area contributed by atoms with Crippen molar-refractivity contribution in [1.82, 2.24) is 4.98 Å². The number of carboxylic acids is 1. The van der Waals surface area contributed by atoms with E-state index in [1.807, 2.05) is 12.1 Å². The Morgan fingerprint density at radius 2 is 2.07 bits per heavy atom. The van der Waals surface area contributed by atoms with Gasteiger partial charge in [-0.05, 0) is 48.6 Å². The topological polar surface area (TPSA) is 109 Å². The fourth-order valence-corrected chi connectivity index (χ4v) is 3.22. The number of aliphatic carboxylic acids is 1. The number of amides is 1. The van der Waals surface area contributed by atoms with Gasteiger partial charge in [-0.2, -0.15) is 5.26 Å². The van der Waals surface area contributed by atoms with Gasteiger partial charge >= 0.3 is 5.97 Å². The summed E-state index contributed by atoms with van der Waals surface area (Å²) in [5.74, 6) is -0.680. The van der Waals surface area contributed by atoms with E-state index in [4.69, 9.17) is 10.4 Å². The normalized spacial score (nSPS) is 14.8. The summed E-state index contributed by atoms with van der Waals surface area (Å²) in [6.45, 7) is 3.97. The first-order chi connectivity index (χ1) is 13.5. The van der Waals surface area contributed by atoms with Gasteiger partial charge in [0.1, 0.15) is 11.8 Å². The predicted molar refractivity (Wildman–Crippen MR) is 107 cm³/mol. The molecule has 144 valence electrons. The zero-order chi connectivity index (χ0) is 20.1. The van der Waals surface area contributed by atoms with Crippen LogP contribution in [0.2, 0.25) is 0 Å². The van der Waals surface area contributed by atoms with E-state index in [-0.39, 0.29) is 5.91 Å². The Labute approximate surface area is 163 Å². The SMILES string of the molecule is CC1CCN(c2cc(C=CC(=O)O)ccc2NC(=O)c2cc(C#N)c[nH]2)CC1. The van der Waals surface area contributed by atoms with Crippen molar-refractivity contribution >= 4 is 29.3 Å². The molecular weight excluding hydrogens is 356 g/mol. The maximum Gasteiger partial charge on any atom is 0.328 e. The molecule has 1 fully saturated rings. The van der Waals surface area contributed by atoms with Crippen LogP contribution in [-0.4, -0.2) is 35.1 Å². The van der Waals surface area contributed by atoms with E-state index >= 15 is 0 Å². The van der Waals surface area contributed by atoms with E-state index in [1.165, 1.54) is 18.3 Å². The van der Waals surface area contributed by atoms with Crippen LogP contribution in [0.15, 0.2) is 36.5 Å². The second-order valence-electron chi connectivity index (χ2n) is 6.99. The molecule has 1 amide bonds. The average molecular weight is 378 g/mol. The van der Waals surface area contributed by atoms with Crippen LogP contribution in [-0.2, 0) is 4.79 Å². The standard InChI is InChI=1S/C21H22N4O3/c1-14-6-8-25(9-7-14)19-11-15(3-5-20(26)27)2-4-17(19)24-21(28)18-10-16(12-22)13-23-18/h2-5,10-11,13-14,23H,6-9H2,1H3,(H,24,28)(H,26,27). The van der Waals surface area contributed by atoms with Gasteiger partial charge in [-0.3, -0.25) is 4.79 Å². The molecule has 3 rings (SSSR count). The Bertz CT molecular complexity index is 947. The number of nitrogens with one attached hydrogen (secondary N) is 2. The van der Waals surface area contributed by atoms with Gasteiger partial charge in [-0.15, -0.1) is 0 Å². The molecular formula is C21H22N4O3. The zero-order valence-electron chi connectivity index (χ0n) is 15.6. The summed E-state index contributed by atoms with van der Waals surface area (Å²) in [5.41, 5.74) is 2.97. The molecule has 0 atom stereocenters. The summed E-state index contributed by atoms with van der Waals surface area (Å²) < 4.78 is 0. The molecule has 1 aliphatic heterocycles. The molecule has 1 aliphatic rings. The van der Waals surface area contributed by atoms with Gasteiger partial charge in [0.05, 0.1) is 16.9 Å². The van der Waals surface area contributed by atoms with E-state index in [0.29, 0.717) is 22.9 Å². The first-order valence-electron chi connectivity index (χ1n) is 9.16. The van der Waals surface area contributed by atoms with Crippen molar-refractivity contribution in [3.05, 3.63) is 53.4 Å². The van der Waals surface area contributed by atoms with Crippen LogP contribution in [0, 0.1) is 17.2 Å². The zero-order valence-corrected chi connectivity index (χ0v) is 15.6. The third-order valence-electron chi connectivity index (χ3n) is 4.87. The number of piperidine rings is 1. The lowest BCUT2D eigenvalue weighted by molar-refractivity contribution is -0.131. The fraction of sp³-hybridized carbons (Fsp3) is 0.286. The molecule has 0 bridgehead atoms. The smallest absolute Gasteiger partial charge is 0.328 e. The number of carboxylic acid groups (broad SMARTS) is 1. The number of nitriles is 1. The Morgan fingerprint density at radius 3 is 2.71 bits per heavy atom. The molecule has 0 radical (unpaired) electrons. The fourth-order valence-electron chi connectivity index (χ4n) is 3.22. The van der Waals surface area contributed by atoms with Crippen LogP contribution < -0.4 is 10.2 Å². The largest absolute Gasteiger partial charge is 0.478 e. The minimum atomic E-state index is -1.01. The number of rotatable bonds is 5. The molecule has 0 saturated carbocycles. The van der Waals surface area contributed by atoms with Crippen molar-refractivity contribution in [2.45, 2.75) is 19.8 Å². The third kappa shape index (κ3) is 4.60. The summed E-state index contributed by atoms with van der Waals surface area (Å²) >= 11 is 0. The summed E-state index contributed by atoms with van der Waals surface area (Å²) in [7, 11) is 0. The molecule has 3 N–H and O–H groups in total. The van der Waals surface area contributed by atoms with Crippen molar-refractivity contribution < 1.29 is 14.7 Å². The van der Waals surface area contributed by atoms with Crippen molar-refractivity contribution in [3.8, 4) is 6.07 Å². The van der Waals surface area contributed by atoms with Crippen LogP contribution in [0.1, 0.15) is 41.4 Å². The number of nitrogens with zero attached hydrogens (tertiary/aromatic N) is 2. The Hall–Kier alpha value is -3.53. The molecule has 1 aromatic carbocycles. The van der Waals surface area contributed by atoms with Crippen LogP contribution in [0.4, 0.5) is 11.4 Å². The number of carbonyl (C=O) groups excluding carboxylic acids is 1. The number of benzene rings is 1. The van der Waals surface area contributed by atoms with Gasteiger partial charge < -0.3 is 20.3 Å². The summed E-state index contributed by atoms with van der Waals surface area (Å²) in [4.78, 5) is 28.4. The molecule has 2 aromatic rings. The van der Waals surface area contributed by atoms with E-state index in [1.54, 1.807) is 12.1 Å². The van der Waals surface area contributed by atoms with Gasteiger partial charge in [-0.1, -0.05) is 13.0 Å². The number of aromatic amines is 1. The first-order valence-corrected chi connectivity index (χ1v) is 9.16. The minimum Gasteiger partial charge on any atom is -0.478 e. The van der Waals surface area contributed by atoms with Crippen molar-refractivity contribution in [2.24, 2.45) is 5.92 Å². The van der Waals surface area contributed by atoms with Gasteiger partial charge in [0.15, 0.2) is 0 Å². The highest BCUT2D eigenvalue weighted by Gasteiger charge is 2.20. The molecule has 1 saturated heterocycles. The van der Waals surface area contributed by atoms with E-state index in [2.05, 4.69) is 22.1 Å². The van der Waals surface area contributed by atoms with Crippen molar-refractivity contribution in [2.75, 3.05) is 23.3 Å². The number of hydrogen-bond donors (Lipinski definition) is 3. The van der Waals surface area contributed by atoms with Crippen LogP contribution in [0.25, 0.3) is 6.08 Å². The number of hydrogen-bond acceptors (Lipinski definition) is 4. The van der Waals surface area contributed by atoms with Crippen molar-refractivity contribution in [3.63, 3.8) is 0 Å². The maximum atomic E-state index is 12.6. The number of anilines is 2. The van der Waals surface area contributed by atoms with E-state index in [0.717, 1.165) is 43.3 Å². The molecule has 2 heterocycles. The quantitative estimate of drug-likeness (QED) is 0.690. The Balaban J connectivity index is 1.88. The lowest BCUT2D eigenvalue weighted by Crippen LogP contribution is -2.33. The highest BCUT2D eigenvalue weighted by Crippen LogP contribution is 2.31. The molecule has 28 heavy (non-hydrogen) atoms. The lowest BCUT2D eigenvalue weighted by Gasteiger charge is -2.33. The first kappa shape index (κ1) is 19.2. The second kappa shape index (κ2) is 8.44. The third-order valence-corrected chi connectivity index (χ3v) is 4.87. The minimum absolute atomic E-state index is 0.310. The van der Waals surface area contributed by atoms with Crippen LogP contribution in [0.3, 0.4) is 0 Å². The average Bonchev–Trinajstić information content (AvgIpc) is 3.17. The van der Waals surface area contributed by atoms with Gasteiger partial charge in [0.25, 0.3) is 5.91 Å². The van der Waals surface area contributed by atoms with E-state index in [9.17, 15) is 9.59 Å². The van der Waals surface area contributed by atoms with Crippen LogP contribution in [0.5, 0.6) is 0 Å². The molecule has 1 aromatic heterocycles. The molecule has 7 nitrogen and oxygen atoms in total. The Morgan fingerprint density at radius 1 is 1.32 bits per heavy atom. The second-order valence-corrected chi connectivity index (χ2v) is 6.99. The predicted octanol–water partition coefficient (Wildman–Crippen LogP) is 3.47. The molecule has 0 aliphatic carbocycles. The summed E-state index contributed by atoms with van der Waals surface area (Å²) in [6, 6.07) is 8.92. The lowest BCUT2D eigenvalue weighted by atomic mass is 9.98. The number of aromatic nitrogens is 1. The van der Waals surface area contributed by atoms with Gasteiger partial charge in [0, 0.05) is 25.4 Å². The number of H-pyrrole nitrogens is 1. The Kier molecular flexibility index (Phi) is 5.80. The van der Waals surface area contributed by atoms with Crippen LogP contribution >= 0.6 is 0 Å².